The van der Waals surface area contributed by atoms with Crippen LogP contribution in [0, 0.1) is 11.3 Å². The fraction of sp³-hybridized carbons (Fsp3) is 0.400. The zero-order valence-electron chi connectivity index (χ0n) is 11.4. The molecule has 0 spiro atoms. The maximum Gasteiger partial charge on any atom is 0.340 e. The zero-order chi connectivity index (χ0) is 15.3. The highest BCUT2D eigenvalue weighted by molar-refractivity contribution is 6.33. The summed E-state index contributed by atoms with van der Waals surface area (Å²) in [6.07, 6.45) is 3.09. The van der Waals surface area contributed by atoms with Gasteiger partial charge >= 0.3 is 5.97 Å². The lowest BCUT2D eigenvalue weighted by atomic mass is 10.00. The van der Waals surface area contributed by atoms with E-state index >= 15 is 0 Å². The summed E-state index contributed by atoms with van der Waals surface area (Å²) in [4.78, 5) is 23.6. The van der Waals surface area contributed by atoms with E-state index in [1.165, 1.54) is 6.07 Å². The molecule has 1 N–H and O–H groups in total. The average molecular weight is 307 g/mol. The molecular formula is C15H15ClN2O3. The summed E-state index contributed by atoms with van der Waals surface area (Å²) >= 11 is 5.87. The van der Waals surface area contributed by atoms with Crippen molar-refractivity contribution in [2.75, 3.05) is 6.61 Å². The first kappa shape index (κ1) is 15.3. The second-order valence-corrected chi connectivity index (χ2v) is 5.41. The Balaban J connectivity index is 1.88. The molecule has 1 aliphatic carbocycles. The van der Waals surface area contributed by atoms with Crippen molar-refractivity contribution in [1.82, 2.24) is 5.32 Å². The summed E-state index contributed by atoms with van der Waals surface area (Å²) < 4.78 is 4.93. The van der Waals surface area contributed by atoms with Gasteiger partial charge in [-0.1, -0.05) is 23.7 Å². The van der Waals surface area contributed by atoms with Crippen molar-refractivity contribution >= 4 is 23.5 Å². The van der Waals surface area contributed by atoms with Crippen LogP contribution in [0.25, 0.3) is 0 Å². The minimum Gasteiger partial charge on any atom is -0.452 e. The van der Waals surface area contributed by atoms with Crippen LogP contribution < -0.4 is 5.32 Å². The molecule has 110 valence electrons. The number of nitrogens with zero attached hydrogens (tertiary/aromatic N) is 1. The fourth-order valence-corrected chi connectivity index (χ4v) is 2.59. The lowest BCUT2D eigenvalue weighted by Crippen LogP contribution is -2.46. The van der Waals surface area contributed by atoms with E-state index in [2.05, 4.69) is 11.4 Å². The van der Waals surface area contributed by atoms with Crippen LogP contribution in [0.5, 0.6) is 0 Å². The van der Waals surface area contributed by atoms with Crippen LogP contribution in [0.15, 0.2) is 24.3 Å². The predicted molar refractivity (Wildman–Crippen MR) is 76.7 cm³/mol. The van der Waals surface area contributed by atoms with Gasteiger partial charge in [-0.2, -0.15) is 5.26 Å². The zero-order valence-corrected chi connectivity index (χ0v) is 12.2. The van der Waals surface area contributed by atoms with Crippen LogP contribution in [0.3, 0.4) is 0 Å². The molecule has 1 aromatic carbocycles. The number of hydrogen-bond donors (Lipinski definition) is 1. The Bertz CT molecular complexity index is 589. The van der Waals surface area contributed by atoms with Crippen LogP contribution in [0.1, 0.15) is 36.0 Å². The van der Waals surface area contributed by atoms with Crippen LogP contribution in [0.2, 0.25) is 5.02 Å². The highest BCUT2D eigenvalue weighted by atomic mass is 35.5. The number of ether oxygens (including phenoxy) is 1. The van der Waals surface area contributed by atoms with Gasteiger partial charge in [0, 0.05) is 0 Å². The number of carbonyl (C=O) groups excluding carboxylic acids is 2. The molecule has 2 rings (SSSR count). The number of rotatable bonds is 4. The van der Waals surface area contributed by atoms with E-state index in [1.54, 1.807) is 18.2 Å². The number of esters is 1. The van der Waals surface area contributed by atoms with Crippen LogP contribution in [-0.4, -0.2) is 24.0 Å². The van der Waals surface area contributed by atoms with Gasteiger partial charge in [0.05, 0.1) is 16.7 Å². The topological polar surface area (TPSA) is 79.2 Å². The molecule has 0 saturated heterocycles. The highest BCUT2D eigenvalue weighted by Crippen LogP contribution is 2.28. The molecule has 0 radical (unpaired) electrons. The lowest BCUT2D eigenvalue weighted by molar-refractivity contribution is -0.125. The molecule has 5 nitrogen and oxygen atoms in total. The Labute approximate surface area is 127 Å². The maximum atomic E-state index is 11.8. The molecule has 0 bridgehead atoms. The molecule has 0 aromatic heterocycles. The Morgan fingerprint density at radius 3 is 2.62 bits per heavy atom. The van der Waals surface area contributed by atoms with Gasteiger partial charge in [0.1, 0.15) is 5.54 Å². The van der Waals surface area contributed by atoms with Gasteiger partial charge < -0.3 is 10.1 Å². The standard InChI is InChI=1S/C15H15ClN2O3/c16-12-6-2-1-5-11(12)14(20)21-9-13(19)18-15(10-17)7-3-4-8-15/h1-2,5-6H,3-4,7-9H2,(H,18,19). The van der Waals surface area contributed by atoms with Gasteiger partial charge in [0.25, 0.3) is 5.91 Å². The summed E-state index contributed by atoms with van der Waals surface area (Å²) in [6.45, 7) is -0.423. The van der Waals surface area contributed by atoms with E-state index in [1.807, 2.05) is 0 Å². The van der Waals surface area contributed by atoms with Gasteiger partial charge in [-0.25, -0.2) is 4.79 Å². The number of hydrogen-bond acceptors (Lipinski definition) is 4. The largest absolute Gasteiger partial charge is 0.452 e. The Morgan fingerprint density at radius 1 is 1.33 bits per heavy atom. The normalized spacial score (nSPS) is 16.0. The minimum atomic E-state index is -0.812. The minimum absolute atomic E-state index is 0.211. The summed E-state index contributed by atoms with van der Waals surface area (Å²) in [6, 6.07) is 8.59. The highest BCUT2D eigenvalue weighted by Gasteiger charge is 2.35. The number of carbonyl (C=O) groups is 2. The number of nitrogens with one attached hydrogen (secondary N) is 1. The first-order valence-corrected chi connectivity index (χ1v) is 7.08. The van der Waals surface area contributed by atoms with Crippen molar-refractivity contribution in [3.63, 3.8) is 0 Å². The summed E-state index contributed by atoms with van der Waals surface area (Å²) in [7, 11) is 0. The van der Waals surface area contributed by atoms with E-state index < -0.39 is 24.0 Å². The second-order valence-electron chi connectivity index (χ2n) is 5.01. The van der Waals surface area contributed by atoms with Crippen LogP contribution in [0.4, 0.5) is 0 Å². The third kappa shape index (κ3) is 3.73. The molecule has 1 fully saturated rings. The van der Waals surface area contributed by atoms with Crippen molar-refractivity contribution in [2.45, 2.75) is 31.2 Å². The first-order valence-electron chi connectivity index (χ1n) is 6.70. The number of benzene rings is 1. The maximum absolute atomic E-state index is 11.8. The monoisotopic (exact) mass is 306 g/mol. The smallest absolute Gasteiger partial charge is 0.340 e. The van der Waals surface area contributed by atoms with Crippen LogP contribution in [-0.2, 0) is 9.53 Å². The Morgan fingerprint density at radius 2 is 2.00 bits per heavy atom. The van der Waals surface area contributed by atoms with E-state index in [0.717, 1.165) is 12.8 Å². The Hall–Kier alpha value is -2.06. The quantitative estimate of drug-likeness (QED) is 0.867. The Kier molecular flexibility index (Phi) is 4.81. The lowest BCUT2D eigenvalue weighted by Gasteiger charge is -2.21. The number of nitriles is 1. The summed E-state index contributed by atoms with van der Waals surface area (Å²) in [5.41, 5.74) is -0.601. The van der Waals surface area contributed by atoms with Gasteiger partial charge in [0.15, 0.2) is 6.61 Å². The third-order valence-corrected chi connectivity index (χ3v) is 3.81. The van der Waals surface area contributed by atoms with E-state index in [4.69, 9.17) is 21.6 Å². The predicted octanol–water partition coefficient (Wildman–Crippen LogP) is 2.45. The van der Waals surface area contributed by atoms with Gasteiger partial charge in [-0.3, -0.25) is 4.79 Å². The van der Waals surface area contributed by atoms with E-state index in [-0.39, 0.29) is 10.6 Å². The van der Waals surface area contributed by atoms with Crippen molar-refractivity contribution < 1.29 is 14.3 Å². The number of halogens is 1. The molecule has 6 heteroatoms. The van der Waals surface area contributed by atoms with Crippen molar-refractivity contribution in [2.24, 2.45) is 0 Å². The first-order chi connectivity index (χ1) is 10.1. The number of amides is 1. The van der Waals surface area contributed by atoms with Gasteiger partial charge in [-0.15, -0.1) is 0 Å². The molecule has 1 aliphatic rings. The molecule has 1 saturated carbocycles. The molecule has 1 aromatic rings. The second kappa shape index (κ2) is 6.59. The van der Waals surface area contributed by atoms with Crippen molar-refractivity contribution in [3.05, 3.63) is 34.9 Å². The molecule has 21 heavy (non-hydrogen) atoms. The molecule has 0 atom stereocenters. The molecule has 0 unspecified atom stereocenters. The summed E-state index contributed by atoms with van der Waals surface area (Å²) in [5.74, 6) is -1.13. The SMILES string of the molecule is N#CC1(NC(=O)COC(=O)c2ccccc2Cl)CCCC1. The molecule has 1 amide bonds. The van der Waals surface area contributed by atoms with Crippen molar-refractivity contribution in [3.8, 4) is 6.07 Å². The molecule has 0 aliphatic heterocycles. The van der Waals surface area contributed by atoms with Crippen molar-refractivity contribution in [1.29, 1.82) is 5.26 Å². The van der Waals surface area contributed by atoms with Gasteiger partial charge in [0.2, 0.25) is 0 Å². The van der Waals surface area contributed by atoms with Crippen LogP contribution >= 0.6 is 11.6 Å². The molecular weight excluding hydrogens is 292 g/mol. The third-order valence-electron chi connectivity index (χ3n) is 3.48. The van der Waals surface area contributed by atoms with E-state index in [0.29, 0.717) is 12.8 Å². The average Bonchev–Trinajstić information content (AvgIpc) is 2.94. The van der Waals surface area contributed by atoms with E-state index in [9.17, 15) is 9.59 Å². The van der Waals surface area contributed by atoms with Gasteiger partial charge in [-0.05, 0) is 37.8 Å². The molecule has 0 heterocycles. The fourth-order valence-electron chi connectivity index (χ4n) is 2.38. The summed E-state index contributed by atoms with van der Waals surface area (Å²) in [5, 5.41) is 12.1.